The van der Waals surface area contributed by atoms with Gasteiger partial charge in [-0.2, -0.15) is 0 Å². The lowest BCUT2D eigenvalue weighted by Crippen LogP contribution is -2.48. The Morgan fingerprint density at radius 1 is 1.12 bits per heavy atom. The third-order valence-electron chi connectivity index (χ3n) is 8.74. The van der Waals surface area contributed by atoms with Gasteiger partial charge >= 0.3 is 5.97 Å². The van der Waals surface area contributed by atoms with E-state index in [0.717, 1.165) is 23.2 Å². The molecule has 0 radical (unpaired) electrons. The van der Waals surface area contributed by atoms with E-state index in [1.165, 1.54) is 19.2 Å². The first-order chi connectivity index (χ1) is 20.3. The highest BCUT2D eigenvalue weighted by molar-refractivity contribution is 6.42. The average Bonchev–Trinajstić information content (AvgIpc) is 3.44. The fourth-order valence-electron chi connectivity index (χ4n) is 7.09. The number of benzene rings is 3. The normalized spacial score (nSPS) is 23.2. The molecular weight excluding hydrogens is 609 g/mol. The predicted molar refractivity (Wildman–Crippen MR) is 173 cm³/mol. The number of hydrogen-bond donors (Lipinski definition) is 3. The number of ether oxygens (including phenoxy) is 1. The van der Waals surface area contributed by atoms with E-state index in [1.54, 1.807) is 12.1 Å². The summed E-state index contributed by atoms with van der Waals surface area (Å²) in [7, 11) is 1.44. The Kier molecular flexibility index (Phi) is 8.67. The molecule has 43 heavy (non-hydrogen) atoms. The number of carboxylic acid groups (broad SMARTS) is 1. The van der Waals surface area contributed by atoms with Crippen molar-refractivity contribution in [3.8, 4) is 5.75 Å². The summed E-state index contributed by atoms with van der Waals surface area (Å²) in [6.07, 6.45) is 0.805. The van der Waals surface area contributed by atoms with Gasteiger partial charge in [0.1, 0.15) is 5.75 Å². The van der Waals surface area contributed by atoms with E-state index in [9.17, 15) is 14.7 Å². The van der Waals surface area contributed by atoms with Crippen LogP contribution in [0.3, 0.4) is 0 Å². The SMILES string of the molecule is CCN1[C@@H](CC(C)(C)C)[C@@]2(CNc3cc(Cl)ccc32)[C@@H](c2cccc(Cl)c2Cl)[C@@H]1C(=O)Nc1ccc(C(=O)O)cc1OC. The zero-order valence-corrected chi connectivity index (χ0v) is 27.1. The van der Waals surface area contributed by atoms with Crippen LogP contribution in [-0.4, -0.2) is 54.2 Å². The maximum atomic E-state index is 14.6. The molecule has 0 unspecified atom stereocenters. The van der Waals surface area contributed by atoms with E-state index in [-0.39, 0.29) is 28.7 Å². The molecule has 7 nitrogen and oxygen atoms in total. The Morgan fingerprint density at radius 2 is 1.86 bits per heavy atom. The first kappa shape index (κ1) is 31.5. The molecule has 228 valence electrons. The number of rotatable bonds is 7. The molecule has 4 atom stereocenters. The molecule has 1 spiro atoms. The standard InChI is InChI=1S/C33H36Cl3N3O4/c1-6-39-26(16-32(2,3)4)33(17-37-24-15-19(34)11-12-21(24)33)27(20-8-7-9-22(35)28(20)36)29(39)30(40)38-23-13-10-18(31(41)42)14-25(23)43-5/h7-15,26-27,29,37H,6,16-17H2,1-5H3,(H,38,40)(H,41,42)/t26-,27-,29+,33-/m0/s1. The zero-order chi connectivity index (χ0) is 31.3. The van der Waals surface area contributed by atoms with Crippen molar-refractivity contribution in [2.75, 3.05) is 30.8 Å². The number of carboxylic acids is 1. The second-order valence-corrected chi connectivity index (χ2v) is 13.7. The molecular formula is C33H36Cl3N3O4. The molecule has 0 aliphatic carbocycles. The van der Waals surface area contributed by atoms with E-state index in [2.05, 4.69) is 49.3 Å². The summed E-state index contributed by atoms with van der Waals surface area (Å²) in [4.78, 5) is 28.5. The third-order valence-corrected chi connectivity index (χ3v) is 9.81. The summed E-state index contributed by atoms with van der Waals surface area (Å²) < 4.78 is 5.48. The van der Waals surface area contributed by atoms with Crippen molar-refractivity contribution in [3.63, 3.8) is 0 Å². The highest BCUT2D eigenvalue weighted by Gasteiger charge is 2.64. The Labute approximate surface area is 267 Å². The van der Waals surface area contributed by atoms with Gasteiger partial charge in [-0.05, 0) is 65.9 Å². The van der Waals surface area contributed by atoms with Crippen LogP contribution >= 0.6 is 34.8 Å². The molecule has 2 aliphatic rings. The lowest BCUT2D eigenvalue weighted by atomic mass is 9.63. The minimum absolute atomic E-state index is 0.0560. The number of carbonyl (C=O) groups is 2. The molecule has 3 aromatic carbocycles. The molecule has 10 heteroatoms. The topological polar surface area (TPSA) is 90.9 Å². The van der Waals surface area contributed by atoms with Crippen LogP contribution in [0.4, 0.5) is 11.4 Å². The molecule has 3 aromatic rings. The van der Waals surface area contributed by atoms with Crippen LogP contribution in [0.25, 0.3) is 0 Å². The number of nitrogens with zero attached hydrogens (tertiary/aromatic N) is 1. The van der Waals surface area contributed by atoms with Gasteiger partial charge in [0.2, 0.25) is 5.91 Å². The summed E-state index contributed by atoms with van der Waals surface area (Å²) in [5.41, 5.74) is 2.64. The van der Waals surface area contributed by atoms with Crippen LogP contribution in [0.1, 0.15) is 61.5 Å². The molecule has 0 aromatic heterocycles. The van der Waals surface area contributed by atoms with Crippen molar-refractivity contribution in [2.45, 2.75) is 57.5 Å². The van der Waals surface area contributed by atoms with Crippen molar-refractivity contribution in [2.24, 2.45) is 5.41 Å². The van der Waals surface area contributed by atoms with Crippen LogP contribution in [0, 0.1) is 5.41 Å². The number of fused-ring (bicyclic) bond motifs is 2. The highest BCUT2D eigenvalue weighted by Crippen LogP contribution is 2.60. The number of methoxy groups -OCH3 is 1. The number of likely N-dealkylation sites (tertiary alicyclic amines) is 1. The predicted octanol–water partition coefficient (Wildman–Crippen LogP) is 7.95. The lowest BCUT2D eigenvalue weighted by Gasteiger charge is -2.41. The fraction of sp³-hybridized carbons (Fsp3) is 0.394. The van der Waals surface area contributed by atoms with Gasteiger partial charge in [0.05, 0.1) is 34.4 Å². The largest absolute Gasteiger partial charge is 0.495 e. The monoisotopic (exact) mass is 643 g/mol. The first-order valence-corrected chi connectivity index (χ1v) is 15.4. The number of amides is 1. The molecule has 1 saturated heterocycles. The summed E-state index contributed by atoms with van der Waals surface area (Å²) in [6.45, 7) is 9.89. The van der Waals surface area contributed by atoms with Gasteiger partial charge in [0, 0.05) is 34.6 Å². The van der Waals surface area contributed by atoms with Crippen LogP contribution in [-0.2, 0) is 10.2 Å². The molecule has 1 fully saturated rings. The van der Waals surface area contributed by atoms with Crippen LogP contribution in [0.2, 0.25) is 15.1 Å². The van der Waals surface area contributed by atoms with Crippen LogP contribution < -0.4 is 15.4 Å². The maximum Gasteiger partial charge on any atom is 0.335 e. The number of anilines is 2. The minimum atomic E-state index is -1.08. The number of aromatic carboxylic acids is 1. The molecule has 0 bridgehead atoms. The fourth-order valence-corrected chi connectivity index (χ4v) is 7.69. The van der Waals surface area contributed by atoms with E-state index in [0.29, 0.717) is 33.8 Å². The Hall–Kier alpha value is -2.97. The van der Waals surface area contributed by atoms with E-state index in [4.69, 9.17) is 39.5 Å². The highest BCUT2D eigenvalue weighted by atomic mass is 35.5. The number of halogens is 3. The Morgan fingerprint density at radius 3 is 2.51 bits per heavy atom. The third kappa shape index (κ3) is 5.57. The molecule has 2 aliphatic heterocycles. The Balaban J connectivity index is 1.73. The summed E-state index contributed by atoms with van der Waals surface area (Å²) >= 11 is 20.0. The van der Waals surface area contributed by atoms with Crippen molar-refractivity contribution in [3.05, 3.63) is 86.4 Å². The molecule has 2 heterocycles. The molecule has 3 N–H and O–H groups in total. The van der Waals surface area contributed by atoms with E-state index in [1.807, 2.05) is 24.3 Å². The zero-order valence-electron chi connectivity index (χ0n) is 24.8. The summed E-state index contributed by atoms with van der Waals surface area (Å²) in [5, 5.41) is 17.6. The van der Waals surface area contributed by atoms with E-state index < -0.39 is 23.3 Å². The van der Waals surface area contributed by atoms with Gasteiger partial charge in [-0.1, -0.05) is 80.7 Å². The average molecular weight is 645 g/mol. The minimum Gasteiger partial charge on any atom is -0.495 e. The van der Waals surface area contributed by atoms with Gasteiger partial charge < -0.3 is 20.5 Å². The number of nitrogens with one attached hydrogen (secondary N) is 2. The number of carbonyl (C=O) groups excluding carboxylic acids is 1. The quantitative estimate of drug-likeness (QED) is 0.242. The molecule has 0 saturated carbocycles. The van der Waals surface area contributed by atoms with Crippen LogP contribution in [0.15, 0.2) is 54.6 Å². The number of hydrogen-bond acceptors (Lipinski definition) is 5. The van der Waals surface area contributed by atoms with Crippen molar-refractivity contribution >= 4 is 58.1 Å². The summed E-state index contributed by atoms with van der Waals surface area (Å²) in [6, 6.07) is 15.2. The van der Waals surface area contributed by atoms with Gasteiger partial charge in [-0.15, -0.1) is 0 Å². The smallest absolute Gasteiger partial charge is 0.335 e. The van der Waals surface area contributed by atoms with Crippen molar-refractivity contribution < 1.29 is 19.4 Å². The Bertz CT molecular complexity index is 1570. The van der Waals surface area contributed by atoms with Gasteiger partial charge in [0.15, 0.2) is 0 Å². The van der Waals surface area contributed by atoms with Crippen molar-refractivity contribution in [1.82, 2.24) is 4.90 Å². The van der Waals surface area contributed by atoms with Gasteiger partial charge in [-0.3, -0.25) is 9.69 Å². The second-order valence-electron chi connectivity index (χ2n) is 12.5. The maximum absolute atomic E-state index is 14.6. The second kappa shape index (κ2) is 11.8. The lowest BCUT2D eigenvalue weighted by molar-refractivity contribution is -0.121. The van der Waals surface area contributed by atoms with Crippen molar-refractivity contribution in [1.29, 1.82) is 0 Å². The van der Waals surface area contributed by atoms with E-state index >= 15 is 0 Å². The number of likely N-dealkylation sites (N-methyl/N-ethyl adjacent to an activating group) is 1. The van der Waals surface area contributed by atoms with Crippen LogP contribution in [0.5, 0.6) is 5.75 Å². The van der Waals surface area contributed by atoms with Gasteiger partial charge in [-0.25, -0.2) is 4.79 Å². The van der Waals surface area contributed by atoms with Gasteiger partial charge in [0.25, 0.3) is 0 Å². The molecule has 1 amide bonds. The first-order valence-electron chi connectivity index (χ1n) is 14.3. The molecule has 5 rings (SSSR count). The summed E-state index contributed by atoms with van der Waals surface area (Å²) in [5.74, 6) is -1.47.